The fourth-order valence-electron chi connectivity index (χ4n) is 2.22. The highest BCUT2D eigenvalue weighted by Gasteiger charge is 2.23. The molecule has 0 fully saturated rings. The van der Waals surface area contributed by atoms with Gasteiger partial charge < -0.3 is 14.8 Å². The van der Waals surface area contributed by atoms with Crippen molar-refractivity contribution in [2.75, 3.05) is 5.32 Å². The van der Waals surface area contributed by atoms with Gasteiger partial charge in [0.1, 0.15) is 5.75 Å². The summed E-state index contributed by atoms with van der Waals surface area (Å²) >= 11 is 5.89. The van der Waals surface area contributed by atoms with E-state index in [4.69, 9.17) is 21.1 Å². The van der Waals surface area contributed by atoms with Gasteiger partial charge in [0.2, 0.25) is 0 Å². The number of aryl methyl sites for hydroxylation is 2. The van der Waals surface area contributed by atoms with E-state index in [0.717, 1.165) is 11.1 Å². The summed E-state index contributed by atoms with van der Waals surface area (Å²) in [6.07, 6.45) is -1.82. The third-order valence-electron chi connectivity index (χ3n) is 3.75. The SMILES string of the molecule is Cc1ccc(C)c(NC(=O)C(C)OC(=O)C(C)Oc2cccc(Cl)c2)c1. The van der Waals surface area contributed by atoms with Gasteiger partial charge in [-0.3, -0.25) is 4.79 Å². The lowest BCUT2D eigenvalue weighted by Gasteiger charge is -2.18. The lowest BCUT2D eigenvalue weighted by atomic mass is 10.1. The summed E-state index contributed by atoms with van der Waals surface area (Å²) in [5, 5.41) is 3.28. The molecule has 1 N–H and O–H groups in total. The lowest BCUT2D eigenvalue weighted by Crippen LogP contribution is -2.35. The zero-order valence-electron chi connectivity index (χ0n) is 15.2. The van der Waals surface area contributed by atoms with Crippen LogP contribution < -0.4 is 10.1 Å². The first-order chi connectivity index (χ1) is 12.3. The van der Waals surface area contributed by atoms with Gasteiger partial charge in [0.25, 0.3) is 5.91 Å². The average Bonchev–Trinajstić information content (AvgIpc) is 2.58. The Morgan fingerprint density at radius 3 is 2.46 bits per heavy atom. The molecule has 2 aromatic rings. The van der Waals surface area contributed by atoms with E-state index >= 15 is 0 Å². The second-order valence-corrected chi connectivity index (χ2v) is 6.54. The van der Waals surface area contributed by atoms with Crippen molar-refractivity contribution in [1.29, 1.82) is 0 Å². The summed E-state index contributed by atoms with van der Waals surface area (Å²) in [6, 6.07) is 12.5. The minimum absolute atomic E-state index is 0.401. The highest BCUT2D eigenvalue weighted by Crippen LogP contribution is 2.19. The van der Waals surface area contributed by atoms with E-state index in [0.29, 0.717) is 16.5 Å². The van der Waals surface area contributed by atoms with Gasteiger partial charge in [0.05, 0.1) is 0 Å². The minimum Gasteiger partial charge on any atom is -0.479 e. The second kappa shape index (κ2) is 8.72. The second-order valence-electron chi connectivity index (χ2n) is 6.10. The molecule has 2 rings (SSSR count). The van der Waals surface area contributed by atoms with Gasteiger partial charge in [-0.2, -0.15) is 0 Å². The monoisotopic (exact) mass is 375 g/mol. The fourth-order valence-corrected chi connectivity index (χ4v) is 2.40. The molecule has 2 atom stereocenters. The van der Waals surface area contributed by atoms with Crippen LogP contribution in [0.1, 0.15) is 25.0 Å². The maximum atomic E-state index is 12.3. The number of benzene rings is 2. The topological polar surface area (TPSA) is 64.6 Å². The van der Waals surface area contributed by atoms with E-state index in [-0.39, 0.29) is 0 Å². The van der Waals surface area contributed by atoms with E-state index in [1.165, 1.54) is 6.92 Å². The number of hydrogen-bond acceptors (Lipinski definition) is 4. The molecule has 0 aliphatic carbocycles. The van der Waals surface area contributed by atoms with Crippen molar-refractivity contribution in [2.45, 2.75) is 39.9 Å². The maximum Gasteiger partial charge on any atom is 0.347 e. The van der Waals surface area contributed by atoms with E-state index in [1.54, 1.807) is 31.2 Å². The molecular weight excluding hydrogens is 354 g/mol. The largest absolute Gasteiger partial charge is 0.479 e. The van der Waals surface area contributed by atoms with E-state index < -0.39 is 24.1 Å². The Morgan fingerprint density at radius 2 is 1.77 bits per heavy atom. The van der Waals surface area contributed by atoms with Gasteiger partial charge in [0, 0.05) is 10.7 Å². The van der Waals surface area contributed by atoms with E-state index in [1.807, 2.05) is 32.0 Å². The summed E-state index contributed by atoms with van der Waals surface area (Å²) in [7, 11) is 0. The number of ether oxygens (including phenoxy) is 2. The number of halogens is 1. The highest BCUT2D eigenvalue weighted by molar-refractivity contribution is 6.30. The van der Waals surface area contributed by atoms with Gasteiger partial charge >= 0.3 is 5.97 Å². The van der Waals surface area contributed by atoms with E-state index in [2.05, 4.69) is 5.32 Å². The van der Waals surface area contributed by atoms with Crippen molar-refractivity contribution in [3.05, 3.63) is 58.6 Å². The number of esters is 1. The molecule has 2 unspecified atom stereocenters. The van der Waals surface area contributed by atoms with Crippen LogP contribution in [0.3, 0.4) is 0 Å². The Morgan fingerprint density at radius 1 is 1.04 bits per heavy atom. The molecule has 0 saturated carbocycles. The van der Waals surface area contributed by atoms with Crippen LogP contribution in [0.2, 0.25) is 5.02 Å². The number of carbonyl (C=O) groups excluding carboxylic acids is 2. The van der Waals surface area contributed by atoms with Crippen LogP contribution in [0.15, 0.2) is 42.5 Å². The predicted octanol–water partition coefficient (Wildman–Crippen LogP) is 4.29. The normalized spacial score (nSPS) is 12.8. The molecule has 0 saturated heterocycles. The molecule has 0 radical (unpaired) electrons. The Bertz CT molecular complexity index is 806. The standard InChI is InChI=1S/C20H22ClNO4/c1-12-8-9-13(2)18(10-12)22-19(23)14(3)26-20(24)15(4)25-17-7-5-6-16(21)11-17/h5-11,14-15H,1-4H3,(H,22,23). The first-order valence-electron chi connectivity index (χ1n) is 8.27. The molecule has 0 aliphatic rings. The first kappa shape index (κ1) is 19.8. The number of nitrogens with one attached hydrogen (secondary N) is 1. The van der Waals surface area contributed by atoms with Crippen molar-refractivity contribution in [1.82, 2.24) is 0 Å². The Balaban J connectivity index is 1.92. The number of rotatable bonds is 6. The van der Waals surface area contributed by atoms with Crippen molar-refractivity contribution in [3.8, 4) is 5.75 Å². The molecule has 0 spiro atoms. The summed E-state index contributed by atoms with van der Waals surface area (Å²) < 4.78 is 10.7. The van der Waals surface area contributed by atoms with Crippen molar-refractivity contribution < 1.29 is 19.1 Å². The van der Waals surface area contributed by atoms with Crippen LogP contribution in [0, 0.1) is 13.8 Å². The van der Waals surface area contributed by atoms with Crippen LogP contribution in [0.25, 0.3) is 0 Å². The molecule has 0 heterocycles. The zero-order chi connectivity index (χ0) is 19.3. The number of carbonyl (C=O) groups is 2. The smallest absolute Gasteiger partial charge is 0.347 e. The molecule has 0 bridgehead atoms. The minimum atomic E-state index is -0.951. The van der Waals surface area contributed by atoms with Crippen molar-refractivity contribution in [3.63, 3.8) is 0 Å². The third-order valence-corrected chi connectivity index (χ3v) is 3.99. The maximum absolute atomic E-state index is 12.3. The van der Waals surface area contributed by atoms with Gasteiger partial charge in [-0.25, -0.2) is 4.79 Å². The molecule has 138 valence electrons. The van der Waals surface area contributed by atoms with Gasteiger partial charge in [-0.15, -0.1) is 0 Å². The first-order valence-corrected chi connectivity index (χ1v) is 8.65. The number of hydrogen-bond donors (Lipinski definition) is 1. The van der Waals surface area contributed by atoms with Crippen LogP contribution in [0.4, 0.5) is 5.69 Å². The highest BCUT2D eigenvalue weighted by atomic mass is 35.5. The quantitative estimate of drug-likeness (QED) is 0.765. The molecule has 0 aromatic heterocycles. The number of anilines is 1. The Labute approximate surface area is 158 Å². The summed E-state index contributed by atoms with van der Waals surface area (Å²) in [6.45, 7) is 6.91. The summed E-state index contributed by atoms with van der Waals surface area (Å²) in [4.78, 5) is 24.5. The fraction of sp³-hybridized carbons (Fsp3) is 0.300. The average molecular weight is 376 g/mol. The van der Waals surface area contributed by atoms with Crippen LogP contribution in [-0.2, 0) is 14.3 Å². The van der Waals surface area contributed by atoms with E-state index in [9.17, 15) is 9.59 Å². The molecular formula is C20H22ClNO4. The molecule has 1 amide bonds. The zero-order valence-corrected chi connectivity index (χ0v) is 16.0. The Hall–Kier alpha value is -2.53. The Kier molecular flexibility index (Phi) is 6.64. The van der Waals surface area contributed by atoms with Gasteiger partial charge in [-0.05, 0) is 63.1 Å². The van der Waals surface area contributed by atoms with Crippen molar-refractivity contribution >= 4 is 29.2 Å². The summed E-state index contributed by atoms with van der Waals surface area (Å²) in [5.74, 6) is -0.579. The molecule has 26 heavy (non-hydrogen) atoms. The van der Waals surface area contributed by atoms with Crippen LogP contribution >= 0.6 is 11.6 Å². The molecule has 5 nitrogen and oxygen atoms in total. The predicted molar refractivity (Wildman–Crippen MR) is 102 cm³/mol. The van der Waals surface area contributed by atoms with Crippen molar-refractivity contribution in [2.24, 2.45) is 0 Å². The van der Waals surface area contributed by atoms with Gasteiger partial charge in [0.15, 0.2) is 12.2 Å². The number of amides is 1. The molecule has 6 heteroatoms. The summed E-state index contributed by atoms with van der Waals surface area (Å²) in [5.41, 5.74) is 2.65. The van der Waals surface area contributed by atoms with Crippen LogP contribution in [-0.4, -0.2) is 24.1 Å². The third kappa shape index (κ3) is 5.49. The van der Waals surface area contributed by atoms with Crippen LogP contribution in [0.5, 0.6) is 5.75 Å². The molecule has 0 aliphatic heterocycles. The van der Waals surface area contributed by atoms with Gasteiger partial charge in [-0.1, -0.05) is 29.8 Å². The molecule has 2 aromatic carbocycles. The lowest BCUT2D eigenvalue weighted by molar-refractivity contribution is -0.159.